The zero-order valence-corrected chi connectivity index (χ0v) is 7.36. The number of aromatic hydroxyl groups is 2. The third-order valence-corrected chi connectivity index (χ3v) is 2.62. The predicted molar refractivity (Wildman–Crippen MR) is 54.2 cm³/mol. The summed E-state index contributed by atoms with van der Waals surface area (Å²) in [6.45, 7) is 0. The molecule has 2 aromatic rings. The minimum absolute atomic E-state index is 0.0572. The van der Waals surface area contributed by atoms with Crippen LogP contribution in [-0.4, -0.2) is 10.2 Å². The highest BCUT2D eigenvalue weighted by Crippen LogP contribution is 2.50. The van der Waals surface area contributed by atoms with Crippen LogP contribution in [0.25, 0.3) is 22.3 Å². The normalized spacial score (nSPS) is 11.4. The van der Waals surface area contributed by atoms with E-state index in [1.54, 1.807) is 12.1 Å². The van der Waals surface area contributed by atoms with Crippen molar-refractivity contribution >= 4 is 0 Å². The van der Waals surface area contributed by atoms with Gasteiger partial charge in [0.1, 0.15) is 0 Å². The van der Waals surface area contributed by atoms with E-state index in [0.717, 1.165) is 22.3 Å². The summed E-state index contributed by atoms with van der Waals surface area (Å²) < 4.78 is 0. The molecule has 0 aliphatic heterocycles. The molecule has 0 fully saturated rings. The Morgan fingerprint density at radius 3 is 1.50 bits per heavy atom. The monoisotopic (exact) mass is 184 g/mol. The number of hydrogen-bond acceptors (Lipinski definition) is 2. The van der Waals surface area contributed by atoms with Crippen LogP contribution in [0.3, 0.4) is 0 Å². The third-order valence-electron chi connectivity index (χ3n) is 2.62. The Balaban J connectivity index is 2.29. The van der Waals surface area contributed by atoms with Gasteiger partial charge in [-0.3, -0.25) is 0 Å². The van der Waals surface area contributed by atoms with E-state index in [2.05, 4.69) is 0 Å². The molecular formula is C12H8O2. The lowest BCUT2D eigenvalue weighted by Crippen LogP contribution is -1.97. The molecular weight excluding hydrogens is 176 g/mol. The summed E-state index contributed by atoms with van der Waals surface area (Å²) in [7, 11) is 0. The summed E-state index contributed by atoms with van der Waals surface area (Å²) in [6.07, 6.45) is 0. The Hall–Kier alpha value is -1.96. The van der Waals surface area contributed by atoms with E-state index >= 15 is 0 Å². The average Bonchev–Trinajstić information content (AvgIpc) is 2.21. The molecule has 0 saturated carbocycles. The molecule has 14 heavy (non-hydrogen) atoms. The second-order valence-electron chi connectivity index (χ2n) is 3.43. The van der Waals surface area contributed by atoms with Gasteiger partial charge in [-0.2, -0.15) is 0 Å². The topological polar surface area (TPSA) is 40.5 Å². The number of rotatable bonds is 0. The number of phenolic OH excluding ortho intramolecular Hbond substituents is 2. The van der Waals surface area contributed by atoms with Crippen molar-refractivity contribution in [2.24, 2.45) is 0 Å². The van der Waals surface area contributed by atoms with Gasteiger partial charge in [-0.15, -0.1) is 0 Å². The fourth-order valence-corrected chi connectivity index (χ4v) is 1.91. The molecule has 3 rings (SSSR count). The predicted octanol–water partition coefficient (Wildman–Crippen LogP) is 2.75. The average molecular weight is 184 g/mol. The van der Waals surface area contributed by atoms with Crippen LogP contribution in [-0.2, 0) is 0 Å². The minimum atomic E-state index is -0.0572. The van der Waals surface area contributed by atoms with E-state index in [-0.39, 0.29) is 11.5 Å². The maximum absolute atomic E-state index is 9.33. The highest BCUT2D eigenvalue weighted by Gasteiger charge is 2.23. The van der Waals surface area contributed by atoms with Crippen LogP contribution in [0, 0.1) is 0 Å². The van der Waals surface area contributed by atoms with Crippen molar-refractivity contribution in [3.63, 3.8) is 0 Å². The third kappa shape index (κ3) is 0.752. The van der Waals surface area contributed by atoms with Crippen molar-refractivity contribution < 1.29 is 10.2 Å². The first-order valence-electron chi connectivity index (χ1n) is 4.43. The molecule has 0 atom stereocenters. The zero-order chi connectivity index (χ0) is 9.71. The fraction of sp³-hybridized carbons (Fsp3) is 0. The molecule has 2 N–H and O–H groups in total. The van der Waals surface area contributed by atoms with Crippen molar-refractivity contribution in [2.45, 2.75) is 0 Å². The first-order chi connectivity index (χ1) is 6.77. The lowest BCUT2D eigenvalue weighted by molar-refractivity contribution is 0.404. The van der Waals surface area contributed by atoms with Crippen molar-refractivity contribution in [1.29, 1.82) is 0 Å². The van der Waals surface area contributed by atoms with Crippen molar-refractivity contribution in [3.05, 3.63) is 36.4 Å². The minimum Gasteiger partial charge on any atom is -0.504 e. The molecule has 0 radical (unpaired) electrons. The lowest BCUT2D eigenvalue weighted by atomic mass is 9.80. The van der Waals surface area contributed by atoms with Crippen LogP contribution in [0.2, 0.25) is 0 Å². The molecule has 1 aliphatic rings. The largest absolute Gasteiger partial charge is 0.504 e. The fourth-order valence-electron chi connectivity index (χ4n) is 1.91. The van der Waals surface area contributed by atoms with Gasteiger partial charge >= 0.3 is 0 Å². The Kier molecular flexibility index (Phi) is 1.22. The molecule has 0 bridgehead atoms. The van der Waals surface area contributed by atoms with Crippen molar-refractivity contribution in [1.82, 2.24) is 0 Å². The molecule has 0 saturated heterocycles. The second-order valence-corrected chi connectivity index (χ2v) is 3.43. The maximum Gasteiger partial charge on any atom is 0.158 e. The van der Waals surface area contributed by atoms with Crippen LogP contribution >= 0.6 is 0 Å². The summed E-state index contributed by atoms with van der Waals surface area (Å²) >= 11 is 0. The first-order valence-corrected chi connectivity index (χ1v) is 4.43. The van der Waals surface area contributed by atoms with Gasteiger partial charge in [0.2, 0.25) is 0 Å². The van der Waals surface area contributed by atoms with E-state index in [0.29, 0.717) is 0 Å². The molecule has 0 aromatic heterocycles. The second kappa shape index (κ2) is 2.29. The molecule has 1 aliphatic carbocycles. The summed E-state index contributed by atoms with van der Waals surface area (Å²) in [5, 5.41) is 18.7. The molecule has 2 aromatic carbocycles. The first kappa shape index (κ1) is 7.44. The standard InChI is InChI=1S/C12H8O2/c13-11-5-9-7-3-1-2-4-8(7)10(9)6-12(11)14/h1-6,13-14H. The Morgan fingerprint density at radius 2 is 1.07 bits per heavy atom. The number of fused-ring (bicyclic) bond motifs is 4. The van der Waals surface area contributed by atoms with Gasteiger partial charge in [-0.25, -0.2) is 0 Å². The highest BCUT2D eigenvalue weighted by molar-refractivity contribution is 6.03. The Labute approximate surface area is 81.1 Å². The Morgan fingerprint density at radius 1 is 0.643 bits per heavy atom. The maximum atomic E-state index is 9.33. The van der Waals surface area contributed by atoms with E-state index in [4.69, 9.17) is 0 Å². The molecule has 2 nitrogen and oxygen atoms in total. The molecule has 0 spiro atoms. The van der Waals surface area contributed by atoms with E-state index in [1.807, 2.05) is 24.3 Å². The van der Waals surface area contributed by atoms with Crippen molar-refractivity contribution in [3.8, 4) is 33.8 Å². The zero-order valence-electron chi connectivity index (χ0n) is 7.36. The molecule has 0 amide bonds. The summed E-state index contributed by atoms with van der Waals surface area (Å²) in [6, 6.07) is 11.2. The molecule has 2 heteroatoms. The number of hydrogen-bond donors (Lipinski definition) is 2. The quantitative estimate of drug-likeness (QED) is 0.527. The number of phenols is 2. The van der Waals surface area contributed by atoms with Crippen LogP contribution in [0.5, 0.6) is 11.5 Å². The summed E-state index contributed by atoms with van der Waals surface area (Å²) in [5.74, 6) is -0.114. The van der Waals surface area contributed by atoms with Gasteiger partial charge in [0.15, 0.2) is 11.5 Å². The Bertz CT molecular complexity index is 482. The molecule has 0 unspecified atom stereocenters. The van der Waals surface area contributed by atoms with Crippen molar-refractivity contribution in [2.75, 3.05) is 0 Å². The van der Waals surface area contributed by atoms with Gasteiger partial charge < -0.3 is 10.2 Å². The summed E-state index contributed by atoms with van der Waals surface area (Å²) in [4.78, 5) is 0. The SMILES string of the molecule is Oc1cc2c(cc1O)-c1ccccc1-2. The van der Waals surface area contributed by atoms with Gasteiger partial charge in [0.25, 0.3) is 0 Å². The van der Waals surface area contributed by atoms with Gasteiger partial charge in [-0.05, 0) is 34.4 Å². The smallest absolute Gasteiger partial charge is 0.158 e. The van der Waals surface area contributed by atoms with Crippen LogP contribution in [0.15, 0.2) is 36.4 Å². The molecule has 68 valence electrons. The summed E-state index contributed by atoms with van der Waals surface area (Å²) in [5.41, 5.74) is 4.29. The van der Waals surface area contributed by atoms with E-state index < -0.39 is 0 Å². The number of benzene rings is 2. The highest BCUT2D eigenvalue weighted by atomic mass is 16.3. The van der Waals surface area contributed by atoms with Crippen LogP contribution in [0.1, 0.15) is 0 Å². The molecule has 0 heterocycles. The van der Waals surface area contributed by atoms with Gasteiger partial charge in [0.05, 0.1) is 0 Å². The van der Waals surface area contributed by atoms with Crippen LogP contribution < -0.4 is 0 Å². The van der Waals surface area contributed by atoms with E-state index in [9.17, 15) is 10.2 Å². The van der Waals surface area contributed by atoms with E-state index in [1.165, 1.54) is 0 Å². The van der Waals surface area contributed by atoms with Gasteiger partial charge in [0, 0.05) is 0 Å². The van der Waals surface area contributed by atoms with Crippen LogP contribution in [0.4, 0.5) is 0 Å². The lowest BCUT2D eigenvalue weighted by Gasteiger charge is -2.23. The van der Waals surface area contributed by atoms with Gasteiger partial charge in [-0.1, -0.05) is 24.3 Å².